The van der Waals surface area contributed by atoms with Crippen LogP contribution in [0.3, 0.4) is 0 Å². The lowest BCUT2D eigenvalue weighted by molar-refractivity contribution is 0.0708. The largest absolute Gasteiger partial charge is 0.588 e. The van der Waals surface area contributed by atoms with Crippen molar-refractivity contribution in [1.29, 1.82) is 0 Å². The highest BCUT2D eigenvalue weighted by Crippen LogP contribution is 2.33. The third kappa shape index (κ3) is 6.50. The standard InChI is InChI=1S/C33H36N4O3S/c1-22-5-3-6-23(2)32(22)30-18-31-35-33(34-30)36-41(39)29-8-4-7-24(17-29)9-12-26-15-16-37(20-27(26)21-40-31)19-25-10-13-28(38)14-11-25/h3-8,10-11,13-14,17-18,26-27,38H,9,12,15-16,19-21H2,1-2H3,(H,34,35,36)/t26?,27-,41?/m1/s1. The highest BCUT2D eigenvalue weighted by molar-refractivity contribution is 7.92. The second kappa shape index (κ2) is 12.1. The molecule has 41 heavy (non-hydrogen) atoms. The summed E-state index contributed by atoms with van der Waals surface area (Å²) in [6, 6.07) is 23.6. The topological polar surface area (TPSA) is 93.6 Å². The monoisotopic (exact) mass is 568 g/mol. The van der Waals surface area contributed by atoms with Gasteiger partial charge in [-0.3, -0.25) is 4.90 Å². The van der Waals surface area contributed by atoms with E-state index >= 15 is 0 Å². The molecule has 0 radical (unpaired) electrons. The van der Waals surface area contributed by atoms with E-state index in [0.29, 0.717) is 35.0 Å². The molecule has 0 amide bonds. The second-order valence-electron chi connectivity index (χ2n) is 11.3. The number of piperidine rings is 1. The second-order valence-corrected chi connectivity index (χ2v) is 12.5. The molecule has 1 saturated heterocycles. The summed E-state index contributed by atoms with van der Waals surface area (Å²) in [5.74, 6) is 1.89. The Bertz CT molecular complexity index is 1490. The Morgan fingerprint density at radius 3 is 2.56 bits per heavy atom. The Morgan fingerprint density at radius 2 is 1.76 bits per heavy atom. The number of ether oxygens (including phenoxy) is 1. The van der Waals surface area contributed by atoms with Gasteiger partial charge in [0, 0.05) is 30.6 Å². The Hall–Kier alpha value is -3.59. The van der Waals surface area contributed by atoms with Gasteiger partial charge in [-0.1, -0.05) is 42.5 Å². The summed E-state index contributed by atoms with van der Waals surface area (Å²) >= 11 is -1.50. The van der Waals surface area contributed by atoms with Crippen LogP contribution in [-0.4, -0.2) is 44.2 Å². The molecule has 0 spiro atoms. The fourth-order valence-electron chi connectivity index (χ4n) is 6.12. The molecule has 2 aliphatic heterocycles. The number of aryl methyl sites for hydroxylation is 3. The Balaban J connectivity index is 1.32. The molecule has 7 nitrogen and oxygen atoms in total. The lowest BCUT2D eigenvalue weighted by Crippen LogP contribution is -2.42. The molecule has 2 N–H and O–H groups in total. The molecule has 212 valence electrons. The molecule has 3 atom stereocenters. The van der Waals surface area contributed by atoms with Gasteiger partial charge in [-0.15, -0.1) is 0 Å². The number of hydrogen-bond donors (Lipinski definition) is 2. The fourth-order valence-corrected chi connectivity index (χ4v) is 6.96. The van der Waals surface area contributed by atoms with Gasteiger partial charge < -0.3 is 14.4 Å². The molecule has 3 aromatic carbocycles. The van der Waals surface area contributed by atoms with Crippen LogP contribution in [0, 0.1) is 25.7 Å². The van der Waals surface area contributed by atoms with E-state index in [1.807, 2.05) is 42.5 Å². The zero-order chi connectivity index (χ0) is 28.3. The number of nitrogens with zero attached hydrogens (tertiary/aromatic N) is 3. The molecule has 6 rings (SSSR count). The van der Waals surface area contributed by atoms with Gasteiger partial charge in [0.25, 0.3) is 5.95 Å². The number of likely N-dealkylation sites (tertiary alicyclic amines) is 1. The number of nitrogens with one attached hydrogen (secondary N) is 1. The number of phenolic OH excluding ortho intramolecular Hbond substituents is 1. The molecule has 2 unspecified atom stereocenters. The van der Waals surface area contributed by atoms with Crippen molar-refractivity contribution in [2.45, 2.75) is 44.6 Å². The van der Waals surface area contributed by atoms with Crippen LogP contribution in [0.15, 0.2) is 77.7 Å². The average Bonchev–Trinajstić information content (AvgIpc) is 2.96. The molecular formula is C33H36N4O3S. The van der Waals surface area contributed by atoms with Gasteiger partial charge in [-0.05, 0) is 92.1 Å². The molecule has 4 aromatic rings. The quantitative estimate of drug-likeness (QED) is 0.290. The van der Waals surface area contributed by atoms with Crippen molar-refractivity contribution in [3.8, 4) is 22.9 Å². The molecule has 8 heteroatoms. The van der Waals surface area contributed by atoms with Crippen molar-refractivity contribution in [3.05, 3.63) is 95.1 Å². The summed E-state index contributed by atoms with van der Waals surface area (Å²) in [6.07, 6.45) is 3.07. The van der Waals surface area contributed by atoms with E-state index in [-0.39, 0.29) is 5.95 Å². The van der Waals surface area contributed by atoms with Crippen LogP contribution in [-0.2, 0) is 24.3 Å². The Kier molecular flexibility index (Phi) is 8.14. The summed E-state index contributed by atoms with van der Waals surface area (Å²) in [7, 11) is 0. The maximum Gasteiger partial charge on any atom is 0.269 e. The van der Waals surface area contributed by atoms with Gasteiger partial charge in [0.15, 0.2) is 4.90 Å². The van der Waals surface area contributed by atoms with E-state index in [0.717, 1.165) is 61.3 Å². The van der Waals surface area contributed by atoms with Crippen LogP contribution >= 0.6 is 0 Å². The number of aromatic nitrogens is 2. The average molecular weight is 569 g/mol. The molecule has 4 bridgehead atoms. The third-order valence-electron chi connectivity index (χ3n) is 8.30. The van der Waals surface area contributed by atoms with E-state index in [4.69, 9.17) is 9.72 Å². The third-order valence-corrected chi connectivity index (χ3v) is 9.35. The fraction of sp³-hybridized carbons (Fsp3) is 0.333. The minimum atomic E-state index is -1.50. The van der Waals surface area contributed by atoms with Crippen LogP contribution in [0.25, 0.3) is 11.3 Å². The van der Waals surface area contributed by atoms with Gasteiger partial charge in [-0.2, -0.15) is 9.71 Å². The molecule has 3 heterocycles. The summed E-state index contributed by atoms with van der Waals surface area (Å²) in [5.41, 5.74) is 6.39. The van der Waals surface area contributed by atoms with Gasteiger partial charge in [0.2, 0.25) is 5.88 Å². The van der Waals surface area contributed by atoms with Crippen molar-refractivity contribution >= 4 is 17.3 Å². The van der Waals surface area contributed by atoms with Crippen molar-refractivity contribution in [2.24, 2.45) is 11.8 Å². The SMILES string of the molecule is Cc1cccc(C)c1-c1cc2nc(n1)N[S+]([O-])c1cccc(c1)CCC1CCN(Cc3ccc(O)cc3)C[C@@H]1CO2. The normalized spacial score (nSPS) is 21.2. The maximum absolute atomic E-state index is 13.3. The number of phenols is 1. The Labute approximate surface area is 244 Å². The van der Waals surface area contributed by atoms with Crippen LogP contribution in [0.4, 0.5) is 5.95 Å². The van der Waals surface area contributed by atoms with Crippen LogP contribution < -0.4 is 9.46 Å². The van der Waals surface area contributed by atoms with Crippen molar-refractivity contribution in [1.82, 2.24) is 14.9 Å². The van der Waals surface area contributed by atoms with Crippen LogP contribution in [0.1, 0.15) is 35.1 Å². The molecule has 1 fully saturated rings. The molecule has 1 aromatic heterocycles. The van der Waals surface area contributed by atoms with E-state index < -0.39 is 11.4 Å². The van der Waals surface area contributed by atoms with Crippen LogP contribution in [0.5, 0.6) is 11.6 Å². The smallest absolute Gasteiger partial charge is 0.269 e. The molecule has 0 aliphatic carbocycles. The number of benzene rings is 3. The van der Waals surface area contributed by atoms with Crippen LogP contribution in [0.2, 0.25) is 0 Å². The lowest BCUT2D eigenvalue weighted by Gasteiger charge is -2.38. The predicted molar refractivity (Wildman–Crippen MR) is 162 cm³/mol. The predicted octanol–water partition coefficient (Wildman–Crippen LogP) is 6.06. The zero-order valence-corrected chi connectivity index (χ0v) is 24.4. The van der Waals surface area contributed by atoms with E-state index in [1.54, 1.807) is 12.1 Å². The number of hydrogen-bond acceptors (Lipinski definition) is 7. The molecular weight excluding hydrogens is 532 g/mol. The highest BCUT2D eigenvalue weighted by atomic mass is 32.2. The first-order chi connectivity index (χ1) is 19.9. The summed E-state index contributed by atoms with van der Waals surface area (Å²) < 4.78 is 22.8. The zero-order valence-electron chi connectivity index (χ0n) is 23.5. The number of rotatable bonds is 3. The summed E-state index contributed by atoms with van der Waals surface area (Å²) in [5, 5.41) is 9.69. The van der Waals surface area contributed by atoms with Gasteiger partial charge >= 0.3 is 0 Å². The van der Waals surface area contributed by atoms with E-state index in [2.05, 4.69) is 46.7 Å². The van der Waals surface area contributed by atoms with Gasteiger partial charge in [-0.25, -0.2) is 4.98 Å². The lowest BCUT2D eigenvalue weighted by atomic mass is 9.82. The first-order valence-electron chi connectivity index (χ1n) is 14.3. The minimum absolute atomic E-state index is 0.287. The first kappa shape index (κ1) is 27.6. The maximum atomic E-state index is 13.3. The number of aromatic hydroxyl groups is 1. The first-order valence-corrected chi connectivity index (χ1v) is 15.4. The van der Waals surface area contributed by atoms with Crippen molar-refractivity contribution in [2.75, 3.05) is 24.4 Å². The van der Waals surface area contributed by atoms with Gasteiger partial charge in [0.05, 0.1) is 12.3 Å². The Morgan fingerprint density at radius 1 is 0.976 bits per heavy atom. The van der Waals surface area contributed by atoms with Crippen molar-refractivity contribution < 1.29 is 14.4 Å². The summed E-state index contributed by atoms with van der Waals surface area (Å²) in [4.78, 5) is 12.6. The molecule has 2 aliphatic rings. The highest BCUT2D eigenvalue weighted by Gasteiger charge is 2.30. The van der Waals surface area contributed by atoms with E-state index in [9.17, 15) is 9.66 Å². The van der Waals surface area contributed by atoms with Gasteiger partial charge in [0.1, 0.15) is 17.1 Å². The molecule has 0 saturated carbocycles. The number of anilines is 1. The minimum Gasteiger partial charge on any atom is -0.588 e. The number of fused-ring (bicyclic) bond motifs is 5. The summed E-state index contributed by atoms with van der Waals surface area (Å²) in [6.45, 7) is 7.48. The van der Waals surface area contributed by atoms with E-state index in [1.165, 1.54) is 11.1 Å². The van der Waals surface area contributed by atoms with Crippen molar-refractivity contribution in [3.63, 3.8) is 0 Å².